The Kier molecular flexibility index (Phi) is 5.06. The number of pyridine rings is 1. The van der Waals surface area contributed by atoms with E-state index >= 15 is 0 Å². The highest BCUT2D eigenvalue weighted by Gasteiger charge is 2.19. The topological polar surface area (TPSA) is 71.5 Å². The third kappa shape index (κ3) is 3.73. The van der Waals surface area contributed by atoms with E-state index in [1.54, 1.807) is 35.4 Å². The summed E-state index contributed by atoms with van der Waals surface area (Å²) in [6.45, 7) is 2.24. The van der Waals surface area contributed by atoms with Gasteiger partial charge in [0.05, 0.1) is 24.3 Å². The number of carbonyl (C=O) groups is 2. The van der Waals surface area contributed by atoms with Crippen LogP contribution in [-0.2, 0) is 4.74 Å². The molecule has 0 atom stereocenters. The van der Waals surface area contributed by atoms with Gasteiger partial charge in [-0.05, 0) is 41.1 Å². The molecule has 2 amide bonds. The second-order valence-electron chi connectivity index (χ2n) is 7.48. The lowest BCUT2D eigenvalue weighted by Gasteiger charge is -2.27. The van der Waals surface area contributed by atoms with Gasteiger partial charge in [0, 0.05) is 35.9 Å². The summed E-state index contributed by atoms with van der Waals surface area (Å²) < 4.78 is 5.32. The van der Waals surface area contributed by atoms with Crippen LogP contribution >= 0.6 is 0 Å². The van der Waals surface area contributed by atoms with Crippen molar-refractivity contribution >= 4 is 39.2 Å². The van der Waals surface area contributed by atoms with E-state index in [1.165, 1.54) is 0 Å². The summed E-state index contributed by atoms with van der Waals surface area (Å²) in [4.78, 5) is 32.2. The third-order valence-corrected chi connectivity index (χ3v) is 5.52. The van der Waals surface area contributed by atoms with Crippen molar-refractivity contribution in [2.24, 2.45) is 0 Å². The Balaban J connectivity index is 1.46. The summed E-state index contributed by atoms with van der Waals surface area (Å²) in [6.07, 6.45) is 1.69. The van der Waals surface area contributed by atoms with E-state index in [1.807, 2.05) is 42.5 Å². The minimum atomic E-state index is -0.259. The van der Waals surface area contributed by atoms with Crippen LogP contribution in [0.4, 0.5) is 5.69 Å². The molecule has 2 heterocycles. The molecule has 0 radical (unpaired) electrons. The van der Waals surface area contributed by atoms with Crippen molar-refractivity contribution in [2.45, 2.75) is 0 Å². The van der Waals surface area contributed by atoms with Crippen molar-refractivity contribution in [1.82, 2.24) is 9.88 Å². The number of fused-ring (bicyclic) bond motifs is 3. The van der Waals surface area contributed by atoms with Gasteiger partial charge < -0.3 is 15.0 Å². The van der Waals surface area contributed by atoms with Crippen molar-refractivity contribution in [2.75, 3.05) is 31.6 Å². The van der Waals surface area contributed by atoms with Crippen LogP contribution in [0.25, 0.3) is 21.7 Å². The molecule has 4 aromatic rings. The van der Waals surface area contributed by atoms with Gasteiger partial charge in [-0.15, -0.1) is 0 Å². The number of nitrogens with one attached hydrogen (secondary N) is 1. The minimum Gasteiger partial charge on any atom is -0.378 e. The molecule has 0 saturated carbocycles. The summed E-state index contributed by atoms with van der Waals surface area (Å²) >= 11 is 0. The second kappa shape index (κ2) is 8.16. The fourth-order valence-electron chi connectivity index (χ4n) is 3.98. The summed E-state index contributed by atoms with van der Waals surface area (Å²) in [5.41, 5.74) is 2.26. The maximum absolute atomic E-state index is 13.2. The molecule has 154 valence electrons. The number of nitrogens with zero attached hydrogens (tertiary/aromatic N) is 2. The third-order valence-electron chi connectivity index (χ3n) is 5.52. The summed E-state index contributed by atoms with van der Waals surface area (Å²) in [5.74, 6) is -0.317. The van der Waals surface area contributed by atoms with E-state index in [2.05, 4.69) is 10.3 Å². The highest BCUT2D eigenvalue weighted by Crippen LogP contribution is 2.28. The molecule has 0 unspecified atom stereocenters. The second-order valence-corrected chi connectivity index (χ2v) is 7.48. The van der Waals surface area contributed by atoms with Gasteiger partial charge in [-0.25, -0.2) is 0 Å². The first kappa shape index (κ1) is 19.2. The Morgan fingerprint density at radius 2 is 1.71 bits per heavy atom. The lowest BCUT2D eigenvalue weighted by molar-refractivity contribution is 0.0303. The molecule has 0 spiro atoms. The van der Waals surface area contributed by atoms with Gasteiger partial charge in [-0.2, -0.15) is 0 Å². The van der Waals surface area contributed by atoms with E-state index in [0.29, 0.717) is 48.6 Å². The van der Waals surface area contributed by atoms with E-state index < -0.39 is 0 Å². The predicted molar refractivity (Wildman–Crippen MR) is 120 cm³/mol. The van der Waals surface area contributed by atoms with Crippen molar-refractivity contribution in [1.29, 1.82) is 0 Å². The zero-order chi connectivity index (χ0) is 21.2. The Bertz CT molecular complexity index is 1300. The SMILES string of the molecule is O=C(Nc1cccc(C(=O)N2CCOCC2)c1)c1cc2ccccc2c2cccnc12. The summed E-state index contributed by atoms with van der Waals surface area (Å²) in [7, 11) is 0. The van der Waals surface area contributed by atoms with Crippen LogP contribution < -0.4 is 5.32 Å². The largest absolute Gasteiger partial charge is 0.378 e. The first-order valence-electron chi connectivity index (χ1n) is 10.3. The summed E-state index contributed by atoms with van der Waals surface area (Å²) in [5, 5.41) is 5.90. The zero-order valence-corrected chi connectivity index (χ0v) is 16.9. The molecule has 1 aliphatic heterocycles. The predicted octanol–water partition coefficient (Wildman–Crippen LogP) is 4.11. The van der Waals surface area contributed by atoms with Crippen LogP contribution in [0.15, 0.2) is 72.9 Å². The first-order chi connectivity index (χ1) is 15.2. The van der Waals surface area contributed by atoms with Gasteiger partial charge in [0.25, 0.3) is 11.8 Å². The van der Waals surface area contributed by atoms with E-state index in [4.69, 9.17) is 4.74 Å². The van der Waals surface area contributed by atoms with Crippen LogP contribution in [0, 0.1) is 0 Å². The molecule has 3 aromatic carbocycles. The van der Waals surface area contributed by atoms with Crippen molar-refractivity contribution in [3.8, 4) is 0 Å². The maximum Gasteiger partial charge on any atom is 0.257 e. The normalized spacial score (nSPS) is 14.0. The number of amides is 2. The Morgan fingerprint density at radius 1 is 0.903 bits per heavy atom. The highest BCUT2D eigenvalue weighted by molar-refractivity contribution is 6.18. The molecule has 5 rings (SSSR count). The van der Waals surface area contributed by atoms with E-state index in [0.717, 1.165) is 16.2 Å². The van der Waals surface area contributed by atoms with Gasteiger partial charge in [0.15, 0.2) is 0 Å². The number of morpholine rings is 1. The smallest absolute Gasteiger partial charge is 0.257 e. The van der Waals surface area contributed by atoms with Crippen LogP contribution in [-0.4, -0.2) is 48.0 Å². The molecule has 6 nitrogen and oxygen atoms in total. The fraction of sp³-hybridized carbons (Fsp3) is 0.160. The fourth-order valence-corrected chi connectivity index (χ4v) is 3.98. The van der Waals surface area contributed by atoms with Crippen molar-refractivity contribution in [3.63, 3.8) is 0 Å². The number of anilines is 1. The van der Waals surface area contributed by atoms with Gasteiger partial charge >= 0.3 is 0 Å². The average Bonchev–Trinajstić information content (AvgIpc) is 2.83. The van der Waals surface area contributed by atoms with Crippen molar-refractivity contribution < 1.29 is 14.3 Å². The molecule has 0 bridgehead atoms. The average molecular weight is 411 g/mol. The van der Waals surface area contributed by atoms with Gasteiger partial charge in [-0.1, -0.05) is 36.4 Å². The van der Waals surface area contributed by atoms with Crippen LogP contribution in [0.1, 0.15) is 20.7 Å². The number of hydrogen-bond donors (Lipinski definition) is 1. The molecule has 0 aliphatic carbocycles. The lowest BCUT2D eigenvalue weighted by atomic mass is 10.0. The standard InChI is InChI=1S/C25H21N3O3/c29-24(22-16-17-5-1-2-8-20(17)21-9-4-10-26-23(21)22)27-19-7-3-6-18(15-19)25(30)28-11-13-31-14-12-28/h1-10,15-16H,11-14H2,(H,27,29). The van der Waals surface area contributed by atoms with Crippen LogP contribution in [0.2, 0.25) is 0 Å². The number of hydrogen-bond acceptors (Lipinski definition) is 4. The molecular weight excluding hydrogens is 390 g/mol. The van der Waals surface area contributed by atoms with Gasteiger partial charge in [0.2, 0.25) is 0 Å². The van der Waals surface area contributed by atoms with Crippen LogP contribution in [0.3, 0.4) is 0 Å². The molecular formula is C25H21N3O3. The van der Waals surface area contributed by atoms with E-state index in [9.17, 15) is 9.59 Å². The first-order valence-corrected chi connectivity index (χ1v) is 10.3. The molecule has 31 heavy (non-hydrogen) atoms. The number of benzene rings is 3. The molecule has 1 aliphatic rings. The quantitative estimate of drug-likeness (QED) is 0.515. The Hall–Kier alpha value is -3.77. The Labute approximate surface area is 179 Å². The number of carbonyl (C=O) groups excluding carboxylic acids is 2. The molecule has 1 N–H and O–H groups in total. The van der Waals surface area contributed by atoms with Gasteiger partial charge in [0.1, 0.15) is 0 Å². The number of ether oxygens (including phenoxy) is 1. The Morgan fingerprint density at radius 3 is 2.58 bits per heavy atom. The molecule has 6 heteroatoms. The van der Waals surface area contributed by atoms with Gasteiger partial charge in [-0.3, -0.25) is 14.6 Å². The van der Waals surface area contributed by atoms with Crippen molar-refractivity contribution in [3.05, 3.63) is 84.1 Å². The molecule has 1 aromatic heterocycles. The number of rotatable bonds is 3. The molecule has 1 saturated heterocycles. The maximum atomic E-state index is 13.2. The lowest BCUT2D eigenvalue weighted by Crippen LogP contribution is -2.40. The zero-order valence-electron chi connectivity index (χ0n) is 16.9. The highest BCUT2D eigenvalue weighted by atomic mass is 16.5. The summed E-state index contributed by atoms with van der Waals surface area (Å²) in [6, 6.07) is 20.7. The number of aromatic nitrogens is 1. The monoisotopic (exact) mass is 411 g/mol. The minimum absolute atomic E-state index is 0.0581. The van der Waals surface area contributed by atoms with Crippen LogP contribution in [0.5, 0.6) is 0 Å². The van der Waals surface area contributed by atoms with E-state index in [-0.39, 0.29) is 11.8 Å². The molecule has 1 fully saturated rings.